The monoisotopic (exact) mass is 261 g/mol. The summed E-state index contributed by atoms with van der Waals surface area (Å²) < 4.78 is 0. The summed E-state index contributed by atoms with van der Waals surface area (Å²) in [7, 11) is 0. The van der Waals surface area contributed by atoms with Crippen LogP contribution in [0, 0.1) is 17.2 Å². The molecule has 0 radical (unpaired) electrons. The molecular weight excluding hydrogens is 242 g/mol. The van der Waals surface area contributed by atoms with Crippen molar-refractivity contribution >= 4 is 17.4 Å². The standard InChI is InChI=1S/C14H19N3S/c1-10-6-7-17(9-12(10)16)13-4-3-5-14(18-2)11(13)8-15/h3-5,10,12H,6-7,9,16H2,1-2H3. The molecule has 1 fully saturated rings. The average molecular weight is 261 g/mol. The van der Waals surface area contributed by atoms with Gasteiger partial charge in [0, 0.05) is 24.0 Å². The Labute approximate surface area is 113 Å². The zero-order chi connectivity index (χ0) is 13.1. The van der Waals surface area contributed by atoms with Gasteiger partial charge >= 0.3 is 0 Å². The first-order valence-corrected chi connectivity index (χ1v) is 7.47. The second kappa shape index (κ2) is 5.64. The lowest BCUT2D eigenvalue weighted by molar-refractivity contribution is 0.379. The predicted octanol–water partition coefficient (Wildman–Crippen LogP) is 2.45. The van der Waals surface area contributed by atoms with Crippen LogP contribution in [0.5, 0.6) is 0 Å². The van der Waals surface area contributed by atoms with Gasteiger partial charge in [0.05, 0.1) is 11.3 Å². The number of piperidine rings is 1. The van der Waals surface area contributed by atoms with Crippen LogP contribution in [0.25, 0.3) is 0 Å². The van der Waals surface area contributed by atoms with Crippen LogP contribution in [0.2, 0.25) is 0 Å². The molecule has 0 aromatic heterocycles. The third-order valence-electron chi connectivity index (χ3n) is 3.69. The molecule has 0 spiro atoms. The largest absolute Gasteiger partial charge is 0.369 e. The van der Waals surface area contributed by atoms with Crippen molar-refractivity contribution in [2.75, 3.05) is 24.2 Å². The van der Waals surface area contributed by atoms with Crippen LogP contribution >= 0.6 is 11.8 Å². The molecule has 0 bridgehead atoms. The van der Waals surface area contributed by atoms with Gasteiger partial charge in [-0.25, -0.2) is 0 Å². The molecule has 1 aliphatic heterocycles. The zero-order valence-electron chi connectivity index (χ0n) is 10.9. The molecular formula is C14H19N3S. The van der Waals surface area contributed by atoms with Gasteiger partial charge in [-0.1, -0.05) is 13.0 Å². The van der Waals surface area contributed by atoms with Crippen molar-refractivity contribution in [1.29, 1.82) is 5.26 Å². The lowest BCUT2D eigenvalue weighted by atomic mass is 9.93. The lowest BCUT2D eigenvalue weighted by Gasteiger charge is -2.37. The number of rotatable bonds is 2. The molecule has 1 saturated heterocycles. The Morgan fingerprint density at radius 1 is 1.50 bits per heavy atom. The van der Waals surface area contributed by atoms with E-state index in [1.807, 2.05) is 24.5 Å². The first-order valence-electron chi connectivity index (χ1n) is 6.25. The van der Waals surface area contributed by atoms with Crippen LogP contribution in [-0.4, -0.2) is 25.4 Å². The summed E-state index contributed by atoms with van der Waals surface area (Å²) in [5.41, 5.74) is 7.96. The zero-order valence-corrected chi connectivity index (χ0v) is 11.7. The van der Waals surface area contributed by atoms with Crippen molar-refractivity contribution in [2.45, 2.75) is 24.3 Å². The highest BCUT2D eigenvalue weighted by molar-refractivity contribution is 7.98. The molecule has 0 amide bonds. The predicted molar refractivity (Wildman–Crippen MR) is 76.9 cm³/mol. The first-order chi connectivity index (χ1) is 8.67. The molecule has 0 saturated carbocycles. The van der Waals surface area contributed by atoms with Gasteiger partial charge < -0.3 is 10.6 Å². The maximum absolute atomic E-state index is 9.36. The van der Waals surface area contributed by atoms with Crippen LogP contribution in [0.1, 0.15) is 18.9 Å². The van der Waals surface area contributed by atoms with E-state index in [4.69, 9.17) is 5.73 Å². The van der Waals surface area contributed by atoms with Gasteiger partial charge in [0.2, 0.25) is 0 Å². The molecule has 96 valence electrons. The summed E-state index contributed by atoms with van der Waals surface area (Å²) in [5, 5.41) is 9.36. The number of hydrogen-bond donors (Lipinski definition) is 1. The second-order valence-corrected chi connectivity index (χ2v) is 5.69. The minimum absolute atomic E-state index is 0.197. The van der Waals surface area contributed by atoms with Gasteiger partial charge in [-0.05, 0) is 30.7 Å². The van der Waals surface area contributed by atoms with E-state index in [-0.39, 0.29) is 6.04 Å². The van der Waals surface area contributed by atoms with E-state index in [1.165, 1.54) is 0 Å². The minimum Gasteiger partial charge on any atom is -0.369 e. The smallest absolute Gasteiger partial charge is 0.103 e. The SMILES string of the molecule is CSc1cccc(N2CCC(C)C(N)C2)c1C#N. The van der Waals surface area contributed by atoms with Crippen molar-refractivity contribution in [1.82, 2.24) is 0 Å². The molecule has 2 rings (SSSR count). The van der Waals surface area contributed by atoms with Crippen LogP contribution in [0.3, 0.4) is 0 Å². The minimum atomic E-state index is 0.197. The van der Waals surface area contributed by atoms with Gasteiger partial charge in [0.1, 0.15) is 6.07 Å². The van der Waals surface area contributed by atoms with E-state index in [2.05, 4.69) is 17.9 Å². The van der Waals surface area contributed by atoms with E-state index < -0.39 is 0 Å². The van der Waals surface area contributed by atoms with Crippen molar-refractivity contribution < 1.29 is 0 Å². The molecule has 2 unspecified atom stereocenters. The van der Waals surface area contributed by atoms with Gasteiger partial charge in [0.25, 0.3) is 0 Å². The van der Waals surface area contributed by atoms with Gasteiger partial charge in [0.15, 0.2) is 0 Å². The molecule has 1 aliphatic rings. The molecule has 18 heavy (non-hydrogen) atoms. The number of hydrogen-bond acceptors (Lipinski definition) is 4. The van der Waals surface area contributed by atoms with Gasteiger partial charge in [-0.2, -0.15) is 5.26 Å². The highest BCUT2D eigenvalue weighted by atomic mass is 32.2. The van der Waals surface area contributed by atoms with Crippen LogP contribution in [-0.2, 0) is 0 Å². The van der Waals surface area contributed by atoms with Gasteiger partial charge in [-0.3, -0.25) is 0 Å². The highest BCUT2D eigenvalue weighted by Crippen LogP contribution is 2.31. The maximum Gasteiger partial charge on any atom is 0.103 e. The molecule has 1 aromatic carbocycles. The number of nitrogens with zero attached hydrogens (tertiary/aromatic N) is 2. The van der Waals surface area contributed by atoms with E-state index in [9.17, 15) is 5.26 Å². The van der Waals surface area contributed by atoms with Crippen molar-refractivity contribution in [3.8, 4) is 6.07 Å². The second-order valence-electron chi connectivity index (χ2n) is 4.84. The Morgan fingerprint density at radius 3 is 2.89 bits per heavy atom. The van der Waals surface area contributed by atoms with E-state index in [1.54, 1.807) is 11.8 Å². The summed E-state index contributed by atoms with van der Waals surface area (Å²) in [6, 6.07) is 8.58. The normalized spacial score (nSPS) is 23.8. The Bertz CT molecular complexity index is 467. The molecule has 4 heteroatoms. The molecule has 3 nitrogen and oxygen atoms in total. The number of thioether (sulfide) groups is 1. The number of nitriles is 1. The number of anilines is 1. The maximum atomic E-state index is 9.36. The lowest BCUT2D eigenvalue weighted by Crippen LogP contribution is -2.47. The van der Waals surface area contributed by atoms with Crippen molar-refractivity contribution in [3.05, 3.63) is 23.8 Å². The Balaban J connectivity index is 2.31. The topological polar surface area (TPSA) is 53.0 Å². The molecule has 2 N–H and O–H groups in total. The molecule has 2 atom stereocenters. The van der Waals surface area contributed by atoms with Crippen molar-refractivity contribution in [3.63, 3.8) is 0 Å². The summed E-state index contributed by atoms with van der Waals surface area (Å²) in [6.07, 6.45) is 3.10. The summed E-state index contributed by atoms with van der Waals surface area (Å²) >= 11 is 1.62. The Morgan fingerprint density at radius 2 is 2.28 bits per heavy atom. The molecule has 1 aromatic rings. The van der Waals surface area contributed by atoms with Crippen LogP contribution in [0.15, 0.2) is 23.1 Å². The van der Waals surface area contributed by atoms with Crippen molar-refractivity contribution in [2.24, 2.45) is 11.7 Å². The summed E-state index contributed by atoms with van der Waals surface area (Å²) in [4.78, 5) is 3.30. The van der Waals surface area contributed by atoms with Crippen LogP contribution in [0.4, 0.5) is 5.69 Å². The molecule has 1 heterocycles. The fourth-order valence-corrected chi connectivity index (χ4v) is 2.95. The Hall–Kier alpha value is -1.18. The number of benzene rings is 1. The quantitative estimate of drug-likeness (QED) is 0.831. The fourth-order valence-electron chi connectivity index (χ4n) is 2.38. The van der Waals surface area contributed by atoms with E-state index in [0.29, 0.717) is 5.92 Å². The highest BCUT2D eigenvalue weighted by Gasteiger charge is 2.25. The third kappa shape index (κ3) is 2.47. The first kappa shape index (κ1) is 13.3. The van der Waals surface area contributed by atoms with E-state index >= 15 is 0 Å². The van der Waals surface area contributed by atoms with E-state index in [0.717, 1.165) is 35.7 Å². The number of nitrogens with two attached hydrogens (primary N) is 1. The summed E-state index contributed by atoms with van der Waals surface area (Å²) in [6.45, 7) is 4.03. The third-order valence-corrected chi connectivity index (χ3v) is 4.47. The fraction of sp³-hybridized carbons (Fsp3) is 0.500. The summed E-state index contributed by atoms with van der Waals surface area (Å²) in [5.74, 6) is 0.565. The molecule has 0 aliphatic carbocycles. The van der Waals surface area contributed by atoms with Crippen LogP contribution < -0.4 is 10.6 Å². The average Bonchev–Trinajstić information content (AvgIpc) is 2.40. The van der Waals surface area contributed by atoms with Gasteiger partial charge in [-0.15, -0.1) is 11.8 Å². The Kier molecular flexibility index (Phi) is 4.15.